The first-order chi connectivity index (χ1) is 9.70. The molecule has 2 rings (SSSR count). The number of nitrogens with zero attached hydrogens (tertiary/aromatic N) is 3. The molecule has 4 amide bonds. The van der Waals surface area contributed by atoms with Gasteiger partial charge in [0.15, 0.2) is 0 Å². The fourth-order valence-corrected chi connectivity index (χ4v) is 2.46. The number of urea groups is 2. The molecule has 0 aromatic carbocycles. The molecule has 0 aromatic heterocycles. The van der Waals surface area contributed by atoms with Gasteiger partial charge in [-0.1, -0.05) is 0 Å². The highest BCUT2D eigenvalue weighted by Gasteiger charge is 2.21. The van der Waals surface area contributed by atoms with Crippen LogP contribution in [0.25, 0.3) is 0 Å². The summed E-state index contributed by atoms with van der Waals surface area (Å²) in [5.41, 5.74) is 0. The van der Waals surface area contributed by atoms with Gasteiger partial charge in [-0.3, -0.25) is 5.32 Å². The second-order valence-corrected chi connectivity index (χ2v) is 5.08. The third kappa shape index (κ3) is 3.85. The number of aliphatic imine (C=N–C) groups is 1. The Bertz CT molecular complexity index is 385. The van der Waals surface area contributed by atoms with Gasteiger partial charge in [0, 0.05) is 26.2 Å². The molecule has 1 N–H and O–H groups in total. The minimum absolute atomic E-state index is 0.0301. The summed E-state index contributed by atoms with van der Waals surface area (Å²) in [5.74, 6) is 0. The number of nitrogens with one attached hydrogen (secondary N) is 1. The smallest absolute Gasteiger partial charge is 0.348 e. The van der Waals surface area contributed by atoms with Crippen LogP contribution in [0, 0.1) is 0 Å². The molecule has 0 unspecified atom stereocenters. The fourth-order valence-electron chi connectivity index (χ4n) is 2.46. The quantitative estimate of drug-likeness (QED) is 0.539. The molecule has 20 heavy (non-hydrogen) atoms. The highest BCUT2D eigenvalue weighted by molar-refractivity contribution is 5.98. The molecule has 2 saturated heterocycles. The summed E-state index contributed by atoms with van der Waals surface area (Å²) in [4.78, 5) is 31.1. The normalized spacial score (nSPS) is 19.9. The van der Waals surface area contributed by atoms with Crippen LogP contribution in [0.4, 0.5) is 9.59 Å². The summed E-state index contributed by atoms with van der Waals surface area (Å²) in [5, 5.41) is 2.56. The van der Waals surface area contributed by atoms with Gasteiger partial charge >= 0.3 is 18.1 Å². The van der Waals surface area contributed by atoms with E-state index >= 15 is 0 Å². The van der Waals surface area contributed by atoms with Crippen molar-refractivity contribution in [3.05, 3.63) is 0 Å². The van der Waals surface area contributed by atoms with E-state index in [1.807, 2.05) is 0 Å². The number of likely N-dealkylation sites (tertiary alicyclic amines) is 2. The van der Waals surface area contributed by atoms with E-state index in [4.69, 9.17) is 4.74 Å². The number of carbonyl (C=O) groups excluding carboxylic acids is 2. The van der Waals surface area contributed by atoms with Crippen molar-refractivity contribution in [1.82, 2.24) is 15.1 Å². The lowest BCUT2D eigenvalue weighted by molar-refractivity contribution is 0.188. The highest BCUT2D eigenvalue weighted by Crippen LogP contribution is 2.10. The maximum Gasteiger partial charge on any atom is 0.348 e. The summed E-state index contributed by atoms with van der Waals surface area (Å²) in [6.07, 6.45) is 5.19. The Kier molecular flexibility index (Phi) is 5.20. The van der Waals surface area contributed by atoms with Gasteiger partial charge in [0.2, 0.25) is 0 Å². The lowest BCUT2D eigenvalue weighted by Crippen LogP contribution is -2.46. The van der Waals surface area contributed by atoms with Crippen molar-refractivity contribution >= 4 is 18.1 Å². The minimum atomic E-state index is -0.349. The Morgan fingerprint density at radius 2 is 1.50 bits per heavy atom. The first kappa shape index (κ1) is 14.6. The Labute approximate surface area is 119 Å². The average Bonchev–Trinajstić information content (AvgIpc) is 3.01. The molecule has 7 nitrogen and oxygen atoms in total. The van der Waals surface area contributed by atoms with E-state index in [9.17, 15) is 9.59 Å². The van der Waals surface area contributed by atoms with Gasteiger partial charge in [0.1, 0.15) is 0 Å². The molecule has 7 heteroatoms. The van der Waals surface area contributed by atoms with Gasteiger partial charge in [0.05, 0.1) is 7.11 Å². The maximum absolute atomic E-state index is 12.0. The molecule has 112 valence electrons. The van der Waals surface area contributed by atoms with E-state index in [1.54, 1.807) is 9.80 Å². The molecule has 2 heterocycles. The number of ether oxygens (including phenoxy) is 1. The number of carbonyl (C=O) groups is 2. The molecule has 2 aliphatic rings. The Balaban J connectivity index is 1.89. The number of hydrogen-bond acceptors (Lipinski definition) is 3. The monoisotopic (exact) mass is 282 g/mol. The number of hydrogen-bond donors (Lipinski definition) is 1. The van der Waals surface area contributed by atoms with Crippen LogP contribution in [0.15, 0.2) is 4.99 Å². The number of amidine groups is 1. The topological polar surface area (TPSA) is 74.2 Å². The maximum atomic E-state index is 12.0. The second kappa shape index (κ2) is 7.12. The molecule has 2 aliphatic heterocycles. The van der Waals surface area contributed by atoms with E-state index in [0.717, 1.165) is 58.3 Å². The Hall–Kier alpha value is -1.79. The molecule has 0 aliphatic carbocycles. The zero-order valence-electron chi connectivity index (χ0n) is 11.9. The standard InChI is InChI=1S/C13H22N4O3/c1-20-11(15-13(19)17-9-5-6-10-17)14-12(18)16-7-3-2-4-8-16/h2-10H2,1H3,(H,14,15,18,19). The van der Waals surface area contributed by atoms with Gasteiger partial charge < -0.3 is 14.5 Å². The van der Waals surface area contributed by atoms with E-state index < -0.39 is 0 Å². The lowest BCUT2D eigenvalue weighted by atomic mass is 10.1. The third-order valence-corrected chi connectivity index (χ3v) is 3.62. The molecule has 0 radical (unpaired) electrons. The average molecular weight is 282 g/mol. The molecule has 0 atom stereocenters. The van der Waals surface area contributed by atoms with Crippen molar-refractivity contribution in [3.63, 3.8) is 0 Å². The van der Waals surface area contributed by atoms with Crippen molar-refractivity contribution in [1.29, 1.82) is 0 Å². The van der Waals surface area contributed by atoms with E-state index in [1.165, 1.54) is 7.11 Å². The third-order valence-electron chi connectivity index (χ3n) is 3.62. The van der Waals surface area contributed by atoms with Crippen LogP contribution < -0.4 is 5.32 Å². The van der Waals surface area contributed by atoms with Crippen molar-refractivity contribution in [2.24, 2.45) is 4.99 Å². The molecule has 0 aromatic rings. The van der Waals surface area contributed by atoms with Gasteiger partial charge in [-0.25, -0.2) is 9.59 Å². The number of methoxy groups -OCH3 is 1. The molecule has 0 spiro atoms. The van der Waals surface area contributed by atoms with Crippen LogP contribution in [0.2, 0.25) is 0 Å². The van der Waals surface area contributed by atoms with Crippen LogP contribution in [0.3, 0.4) is 0 Å². The zero-order valence-corrected chi connectivity index (χ0v) is 11.9. The number of amides is 4. The van der Waals surface area contributed by atoms with E-state index in [0.29, 0.717) is 0 Å². The summed E-state index contributed by atoms with van der Waals surface area (Å²) in [6.45, 7) is 2.92. The van der Waals surface area contributed by atoms with Gasteiger partial charge in [0.25, 0.3) is 0 Å². The Morgan fingerprint density at radius 3 is 2.10 bits per heavy atom. The van der Waals surface area contributed by atoms with Gasteiger partial charge in [-0.15, -0.1) is 4.99 Å². The van der Waals surface area contributed by atoms with Crippen molar-refractivity contribution < 1.29 is 14.3 Å². The zero-order chi connectivity index (χ0) is 14.4. The van der Waals surface area contributed by atoms with Crippen molar-refractivity contribution in [2.75, 3.05) is 33.3 Å². The molecule has 2 fully saturated rings. The number of piperidine rings is 1. The van der Waals surface area contributed by atoms with Crippen LogP contribution in [-0.2, 0) is 4.74 Å². The largest absolute Gasteiger partial charge is 0.468 e. The van der Waals surface area contributed by atoms with Crippen LogP contribution >= 0.6 is 0 Å². The summed E-state index contributed by atoms with van der Waals surface area (Å²) in [6, 6.07) is -0.629. The first-order valence-electron chi connectivity index (χ1n) is 7.18. The van der Waals surface area contributed by atoms with Gasteiger partial charge in [-0.05, 0) is 32.1 Å². The predicted molar refractivity (Wildman–Crippen MR) is 74.6 cm³/mol. The first-order valence-corrected chi connectivity index (χ1v) is 7.18. The fraction of sp³-hybridized carbons (Fsp3) is 0.769. The highest BCUT2D eigenvalue weighted by atomic mass is 16.5. The van der Waals surface area contributed by atoms with E-state index in [-0.39, 0.29) is 18.1 Å². The van der Waals surface area contributed by atoms with Crippen molar-refractivity contribution in [2.45, 2.75) is 32.1 Å². The lowest BCUT2D eigenvalue weighted by Gasteiger charge is -2.26. The predicted octanol–water partition coefficient (Wildman–Crippen LogP) is 1.40. The molecular formula is C13H22N4O3. The SMILES string of the molecule is COC(=NC(=O)N1CCCC1)NC(=O)N1CCCCC1. The van der Waals surface area contributed by atoms with Gasteiger partial charge in [-0.2, -0.15) is 0 Å². The van der Waals surface area contributed by atoms with E-state index in [2.05, 4.69) is 10.3 Å². The molecule has 0 bridgehead atoms. The summed E-state index contributed by atoms with van der Waals surface area (Å²) < 4.78 is 4.99. The van der Waals surface area contributed by atoms with Crippen LogP contribution in [0.5, 0.6) is 0 Å². The summed E-state index contributed by atoms with van der Waals surface area (Å²) in [7, 11) is 1.40. The minimum Gasteiger partial charge on any atom is -0.468 e. The molecule has 0 saturated carbocycles. The second-order valence-electron chi connectivity index (χ2n) is 5.08. The Morgan fingerprint density at radius 1 is 0.950 bits per heavy atom. The van der Waals surface area contributed by atoms with Crippen molar-refractivity contribution in [3.8, 4) is 0 Å². The van der Waals surface area contributed by atoms with Crippen LogP contribution in [0.1, 0.15) is 32.1 Å². The summed E-state index contributed by atoms with van der Waals surface area (Å²) >= 11 is 0. The van der Waals surface area contributed by atoms with Crippen LogP contribution in [-0.4, -0.2) is 61.2 Å². The molecular weight excluding hydrogens is 260 g/mol. The number of rotatable bonds is 0.